The van der Waals surface area contributed by atoms with Crippen LogP contribution in [0, 0.1) is 0 Å². The SMILES string of the molecule is COc1ccc(C2(C)CCCc3cc(OC)ccc3C2(O)CCCO)cc1. The summed E-state index contributed by atoms with van der Waals surface area (Å²) in [6.07, 6.45) is 3.79. The normalized spacial score (nSPS) is 24.8. The van der Waals surface area contributed by atoms with Gasteiger partial charge < -0.3 is 19.7 Å². The summed E-state index contributed by atoms with van der Waals surface area (Å²) in [4.78, 5) is 0. The third kappa shape index (κ3) is 3.44. The highest BCUT2D eigenvalue weighted by Crippen LogP contribution is 2.52. The smallest absolute Gasteiger partial charge is 0.119 e. The second-order valence-electron chi connectivity index (χ2n) is 7.62. The predicted octanol–water partition coefficient (Wildman–Crippen LogP) is 3.96. The number of rotatable bonds is 6. The fourth-order valence-corrected chi connectivity index (χ4v) is 4.53. The van der Waals surface area contributed by atoms with Gasteiger partial charge in [-0.25, -0.2) is 0 Å². The zero-order chi connectivity index (χ0) is 19.5. The van der Waals surface area contributed by atoms with Gasteiger partial charge in [0.05, 0.1) is 19.8 Å². The highest BCUT2D eigenvalue weighted by atomic mass is 16.5. The minimum atomic E-state index is -1.07. The molecule has 4 heteroatoms. The van der Waals surface area contributed by atoms with Gasteiger partial charge in [-0.3, -0.25) is 0 Å². The van der Waals surface area contributed by atoms with Crippen LogP contribution in [0.25, 0.3) is 0 Å². The van der Waals surface area contributed by atoms with Gasteiger partial charge in [0.1, 0.15) is 11.5 Å². The Kier molecular flexibility index (Phi) is 5.78. The van der Waals surface area contributed by atoms with Gasteiger partial charge in [0.15, 0.2) is 0 Å². The largest absolute Gasteiger partial charge is 0.497 e. The van der Waals surface area contributed by atoms with Gasteiger partial charge >= 0.3 is 0 Å². The van der Waals surface area contributed by atoms with Gasteiger partial charge in [-0.15, -0.1) is 0 Å². The van der Waals surface area contributed by atoms with Crippen molar-refractivity contribution in [2.45, 2.75) is 50.0 Å². The molecule has 0 aromatic heterocycles. The van der Waals surface area contributed by atoms with E-state index in [0.717, 1.165) is 47.5 Å². The number of fused-ring (bicyclic) bond motifs is 1. The molecule has 0 spiro atoms. The van der Waals surface area contributed by atoms with Crippen molar-refractivity contribution in [2.75, 3.05) is 20.8 Å². The summed E-state index contributed by atoms with van der Waals surface area (Å²) < 4.78 is 10.7. The summed E-state index contributed by atoms with van der Waals surface area (Å²) in [5.41, 5.74) is 1.64. The van der Waals surface area contributed by atoms with Gasteiger partial charge in [0.25, 0.3) is 0 Å². The van der Waals surface area contributed by atoms with Crippen molar-refractivity contribution in [3.8, 4) is 11.5 Å². The molecule has 0 aliphatic heterocycles. The number of aliphatic hydroxyl groups excluding tert-OH is 1. The monoisotopic (exact) mass is 370 g/mol. The number of hydrogen-bond acceptors (Lipinski definition) is 4. The Morgan fingerprint density at radius 3 is 2.30 bits per heavy atom. The minimum absolute atomic E-state index is 0.0620. The van der Waals surface area contributed by atoms with Crippen LogP contribution in [-0.4, -0.2) is 31.0 Å². The zero-order valence-corrected chi connectivity index (χ0v) is 16.5. The van der Waals surface area contributed by atoms with Gasteiger partial charge in [0, 0.05) is 12.0 Å². The maximum atomic E-state index is 12.1. The van der Waals surface area contributed by atoms with Crippen LogP contribution in [-0.2, 0) is 17.4 Å². The van der Waals surface area contributed by atoms with Crippen LogP contribution in [0.2, 0.25) is 0 Å². The van der Waals surface area contributed by atoms with E-state index in [1.54, 1.807) is 14.2 Å². The van der Waals surface area contributed by atoms with Crippen LogP contribution in [0.1, 0.15) is 49.3 Å². The van der Waals surface area contributed by atoms with Gasteiger partial charge in [-0.1, -0.05) is 25.1 Å². The standard InChI is InChI=1S/C23H30O4/c1-22(18-7-9-19(26-2)10-8-18)13-4-6-17-16-20(27-3)11-12-21(17)23(22,25)14-5-15-24/h7-12,16,24-25H,4-6,13-15H2,1-3H3. The Morgan fingerprint density at radius 2 is 1.67 bits per heavy atom. The van der Waals surface area contributed by atoms with Crippen LogP contribution in [0.4, 0.5) is 0 Å². The highest BCUT2D eigenvalue weighted by molar-refractivity contribution is 5.45. The molecular weight excluding hydrogens is 340 g/mol. The molecule has 0 bridgehead atoms. The van der Waals surface area contributed by atoms with Crippen LogP contribution in [0.15, 0.2) is 42.5 Å². The molecule has 4 nitrogen and oxygen atoms in total. The van der Waals surface area contributed by atoms with Crippen LogP contribution in [0.3, 0.4) is 0 Å². The van der Waals surface area contributed by atoms with E-state index in [-0.39, 0.29) is 6.61 Å². The Balaban J connectivity index is 2.15. The Hall–Kier alpha value is -2.04. The summed E-state index contributed by atoms with van der Waals surface area (Å²) in [5.74, 6) is 1.62. The number of benzene rings is 2. The molecule has 0 heterocycles. The maximum Gasteiger partial charge on any atom is 0.119 e. The number of aryl methyl sites for hydroxylation is 1. The molecular formula is C23H30O4. The molecule has 27 heavy (non-hydrogen) atoms. The van der Waals surface area contributed by atoms with Crippen molar-refractivity contribution in [1.82, 2.24) is 0 Å². The van der Waals surface area contributed by atoms with Crippen molar-refractivity contribution >= 4 is 0 Å². The van der Waals surface area contributed by atoms with E-state index in [9.17, 15) is 10.2 Å². The molecule has 2 aromatic carbocycles. The van der Waals surface area contributed by atoms with Crippen LogP contribution < -0.4 is 9.47 Å². The molecule has 1 aliphatic carbocycles. The molecule has 2 unspecified atom stereocenters. The molecule has 0 fully saturated rings. The summed E-state index contributed by atoms with van der Waals surface area (Å²) in [6.45, 7) is 2.21. The van der Waals surface area contributed by atoms with E-state index in [0.29, 0.717) is 12.8 Å². The minimum Gasteiger partial charge on any atom is -0.497 e. The second kappa shape index (κ2) is 7.91. The van der Waals surface area contributed by atoms with E-state index in [4.69, 9.17) is 9.47 Å². The second-order valence-corrected chi connectivity index (χ2v) is 7.62. The van der Waals surface area contributed by atoms with Crippen molar-refractivity contribution < 1.29 is 19.7 Å². The molecule has 0 radical (unpaired) electrons. The summed E-state index contributed by atoms with van der Waals surface area (Å²) in [6, 6.07) is 14.0. The van der Waals surface area contributed by atoms with Gasteiger partial charge in [-0.2, -0.15) is 0 Å². The van der Waals surface area contributed by atoms with Gasteiger partial charge in [-0.05, 0) is 73.1 Å². The maximum absolute atomic E-state index is 12.1. The average molecular weight is 370 g/mol. The first-order valence-corrected chi connectivity index (χ1v) is 9.63. The lowest BCUT2D eigenvalue weighted by Crippen LogP contribution is -2.47. The number of ether oxygens (including phenoxy) is 2. The molecule has 2 atom stereocenters. The molecule has 0 saturated heterocycles. The highest BCUT2D eigenvalue weighted by Gasteiger charge is 2.50. The summed E-state index contributed by atoms with van der Waals surface area (Å²) >= 11 is 0. The fourth-order valence-electron chi connectivity index (χ4n) is 4.53. The quantitative estimate of drug-likeness (QED) is 0.756. The predicted molar refractivity (Wildman–Crippen MR) is 106 cm³/mol. The average Bonchev–Trinajstić information content (AvgIpc) is 2.81. The van der Waals surface area contributed by atoms with Crippen molar-refractivity contribution in [1.29, 1.82) is 0 Å². The fraction of sp³-hybridized carbons (Fsp3) is 0.478. The first-order valence-electron chi connectivity index (χ1n) is 9.63. The molecule has 146 valence electrons. The van der Waals surface area contributed by atoms with Gasteiger partial charge in [0.2, 0.25) is 0 Å². The summed E-state index contributed by atoms with van der Waals surface area (Å²) in [5, 5.41) is 21.6. The number of aliphatic hydroxyl groups is 2. The topological polar surface area (TPSA) is 58.9 Å². The van der Waals surface area contributed by atoms with E-state index in [1.807, 2.05) is 30.3 Å². The molecule has 2 N–H and O–H groups in total. The third-order valence-electron chi connectivity index (χ3n) is 6.22. The lowest BCUT2D eigenvalue weighted by Gasteiger charge is -2.46. The molecule has 3 rings (SSSR count). The van der Waals surface area contributed by atoms with Crippen LogP contribution >= 0.6 is 0 Å². The van der Waals surface area contributed by atoms with E-state index in [2.05, 4.69) is 19.1 Å². The Morgan fingerprint density at radius 1 is 1.00 bits per heavy atom. The van der Waals surface area contributed by atoms with Crippen molar-refractivity contribution in [2.24, 2.45) is 0 Å². The molecule has 0 amide bonds. The first kappa shape index (κ1) is 19.7. The molecule has 2 aromatic rings. The van der Waals surface area contributed by atoms with E-state index >= 15 is 0 Å². The Bertz CT molecular complexity index is 770. The van der Waals surface area contributed by atoms with E-state index < -0.39 is 11.0 Å². The number of hydrogen-bond donors (Lipinski definition) is 2. The summed E-state index contributed by atoms with van der Waals surface area (Å²) in [7, 11) is 3.32. The Labute approximate surface area is 161 Å². The van der Waals surface area contributed by atoms with Crippen molar-refractivity contribution in [3.63, 3.8) is 0 Å². The lowest BCUT2D eigenvalue weighted by atomic mass is 9.62. The molecule has 1 aliphatic rings. The van der Waals surface area contributed by atoms with Crippen LogP contribution in [0.5, 0.6) is 11.5 Å². The van der Waals surface area contributed by atoms with E-state index in [1.165, 1.54) is 0 Å². The number of methoxy groups -OCH3 is 2. The molecule has 0 saturated carbocycles. The zero-order valence-electron chi connectivity index (χ0n) is 16.5. The van der Waals surface area contributed by atoms with Crippen molar-refractivity contribution in [3.05, 3.63) is 59.2 Å². The first-order chi connectivity index (χ1) is 13.0. The third-order valence-corrected chi connectivity index (χ3v) is 6.22. The lowest BCUT2D eigenvalue weighted by molar-refractivity contribution is -0.0534.